The molecule has 0 spiro atoms. The first kappa shape index (κ1) is 13.5. The molecule has 2 heterocycles. The number of benzene rings is 1. The summed E-state index contributed by atoms with van der Waals surface area (Å²) in [6, 6.07) is 1.91. The number of hydrogen-bond donors (Lipinski definition) is 1. The molecule has 2 aliphatic heterocycles. The Hall–Kier alpha value is -1.53. The topological polar surface area (TPSA) is 57.0 Å². The summed E-state index contributed by atoms with van der Waals surface area (Å²) in [5, 5.41) is 0. The number of nitrogens with two attached hydrogens (primary N) is 1. The van der Waals surface area contributed by atoms with Gasteiger partial charge in [-0.2, -0.15) is 4.39 Å². The molecule has 2 aliphatic rings. The molecule has 0 aromatic heterocycles. The SMILES string of the molecule is COc1c(C2CC(CN)CN2C)cc2c(c1F)OCO2. The Labute approximate surface area is 117 Å². The van der Waals surface area contributed by atoms with E-state index in [1.807, 2.05) is 13.1 Å². The van der Waals surface area contributed by atoms with Crippen LogP contribution in [0.4, 0.5) is 4.39 Å². The zero-order valence-corrected chi connectivity index (χ0v) is 11.7. The quantitative estimate of drug-likeness (QED) is 0.911. The molecular weight excluding hydrogens is 263 g/mol. The van der Waals surface area contributed by atoms with Crippen LogP contribution in [0.3, 0.4) is 0 Å². The number of hydrogen-bond acceptors (Lipinski definition) is 5. The van der Waals surface area contributed by atoms with Gasteiger partial charge in [0.1, 0.15) is 0 Å². The highest BCUT2D eigenvalue weighted by Gasteiger charge is 2.35. The lowest BCUT2D eigenvalue weighted by atomic mass is 9.98. The van der Waals surface area contributed by atoms with Crippen molar-refractivity contribution in [1.29, 1.82) is 0 Å². The average molecular weight is 282 g/mol. The van der Waals surface area contributed by atoms with Crippen LogP contribution in [0.15, 0.2) is 6.07 Å². The first-order valence-corrected chi connectivity index (χ1v) is 6.72. The molecule has 20 heavy (non-hydrogen) atoms. The summed E-state index contributed by atoms with van der Waals surface area (Å²) in [6.07, 6.45) is 0.891. The van der Waals surface area contributed by atoms with Crippen molar-refractivity contribution in [2.75, 3.05) is 34.0 Å². The molecule has 2 unspecified atom stereocenters. The number of fused-ring (bicyclic) bond motifs is 1. The number of nitrogens with zero attached hydrogens (tertiary/aromatic N) is 1. The summed E-state index contributed by atoms with van der Waals surface area (Å²) in [5.74, 6) is 0.763. The second kappa shape index (κ2) is 5.10. The summed E-state index contributed by atoms with van der Waals surface area (Å²) in [5.41, 5.74) is 6.55. The zero-order chi connectivity index (χ0) is 14.3. The van der Waals surface area contributed by atoms with Crippen LogP contribution in [0.5, 0.6) is 17.2 Å². The monoisotopic (exact) mass is 282 g/mol. The largest absolute Gasteiger partial charge is 0.493 e. The van der Waals surface area contributed by atoms with Gasteiger partial charge in [0.2, 0.25) is 18.4 Å². The van der Waals surface area contributed by atoms with Crippen LogP contribution in [0.1, 0.15) is 18.0 Å². The molecule has 6 heteroatoms. The molecule has 1 saturated heterocycles. The van der Waals surface area contributed by atoms with Gasteiger partial charge in [0, 0.05) is 18.2 Å². The summed E-state index contributed by atoms with van der Waals surface area (Å²) in [6.45, 7) is 1.58. The Bertz CT molecular complexity index is 524. The summed E-state index contributed by atoms with van der Waals surface area (Å²) >= 11 is 0. The molecule has 2 N–H and O–H groups in total. The van der Waals surface area contributed by atoms with Gasteiger partial charge in [0.15, 0.2) is 11.5 Å². The maximum Gasteiger partial charge on any atom is 0.231 e. The molecule has 0 amide bonds. The van der Waals surface area contributed by atoms with Gasteiger partial charge in [-0.15, -0.1) is 0 Å². The van der Waals surface area contributed by atoms with Crippen LogP contribution in [-0.4, -0.2) is 38.9 Å². The van der Waals surface area contributed by atoms with E-state index >= 15 is 0 Å². The molecule has 1 aromatic carbocycles. The normalized spacial score (nSPS) is 25.2. The van der Waals surface area contributed by atoms with Crippen LogP contribution in [0, 0.1) is 11.7 Å². The summed E-state index contributed by atoms with van der Waals surface area (Å²) in [4.78, 5) is 2.18. The Balaban J connectivity index is 2.03. The van der Waals surface area contributed by atoms with Crippen LogP contribution in [0.25, 0.3) is 0 Å². The number of likely N-dealkylation sites (tertiary alicyclic amines) is 1. The van der Waals surface area contributed by atoms with Crippen molar-refractivity contribution >= 4 is 0 Å². The minimum absolute atomic E-state index is 0.0464. The highest BCUT2D eigenvalue weighted by molar-refractivity contribution is 5.54. The number of methoxy groups -OCH3 is 1. The minimum atomic E-state index is -0.484. The second-order valence-corrected chi connectivity index (χ2v) is 5.34. The van der Waals surface area contributed by atoms with Gasteiger partial charge in [-0.1, -0.05) is 0 Å². The zero-order valence-electron chi connectivity index (χ0n) is 11.7. The Morgan fingerprint density at radius 1 is 1.50 bits per heavy atom. The molecule has 5 nitrogen and oxygen atoms in total. The Morgan fingerprint density at radius 3 is 2.95 bits per heavy atom. The Morgan fingerprint density at radius 2 is 2.30 bits per heavy atom. The number of ether oxygens (including phenoxy) is 3. The van der Waals surface area contributed by atoms with Crippen LogP contribution in [-0.2, 0) is 0 Å². The van der Waals surface area contributed by atoms with Crippen molar-refractivity contribution in [3.8, 4) is 17.2 Å². The van der Waals surface area contributed by atoms with Gasteiger partial charge >= 0.3 is 0 Å². The van der Waals surface area contributed by atoms with Gasteiger partial charge in [0.05, 0.1) is 7.11 Å². The maximum absolute atomic E-state index is 14.4. The van der Waals surface area contributed by atoms with E-state index in [4.69, 9.17) is 19.9 Å². The van der Waals surface area contributed by atoms with Crippen molar-refractivity contribution in [1.82, 2.24) is 4.90 Å². The minimum Gasteiger partial charge on any atom is -0.493 e. The van der Waals surface area contributed by atoms with Crippen molar-refractivity contribution in [2.24, 2.45) is 11.7 Å². The molecule has 0 radical (unpaired) electrons. The lowest BCUT2D eigenvalue weighted by Gasteiger charge is -2.22. The fourth-order valence-electron chi connectivity index (χ4n) is 3.10. The van der Waals surface area contributed by atoms with Crippen LogP contribution in [0.2, 0.25) is 0 Å². The van der Waals surface area contributed by atoms with E-state index < -0.39 is 5.82 Å². The van der Waals surface area contributed by atoms with E-state index in [1.165, 1.54) is 7.11 Å². The van der Waals surface area contributed by atoms with Crippen molar-refractivity contribution in [2.45, 2.75) is 12.5 Å². The van der Waals surface area contributed by atoms with Crippen molar-refractivity contribution in [3.05, 3.63) is 17.4 Å². The van der Waals surface area contributed by atoms with Crippen LogP contribution < -0.4 is 19.9 Å². The predicted molar refractivity (Wildman–Crippen MR) is 71.6 cm³/mol. The Kier molecular flexibility index (Phi) is 3.43. The number of rotatable bonds is 3. The molecule has 3 rings (SSSR count). The molecule has 110 valence electrons. The predicted octanol–water partition coefficient (Wildman–Crippen LogP) is 1.51. The van der Waals surface area contributed by atoms with E-state index in [-0.39, 0.29) is 24.3 Å². The molecule has 0 aliphatic carbocycles. The third-order valence-corrected chi connectivity index (χ3v) is 4.12. The van der Waals surface area contributed by atoms with E-state index in [9.17, 15) is 4.39 Å². The van der Waals surface area contributed by atoms with Crippen LogP contribution >= 0.6 is 0 Å². The molecule has 1 aromatic rings. The van der Waals surface area contributed by atoms with Gasteiger partial charge in [-0.05, 0) is 32.0 Å². The van der Waals surface area contributed by atoms with Crippen molar-refractivity contribution in [3.63, 3.8) is 0 Å². The third kappa shape index (κ3) is 1.99. The van der Waals surface area contributed by atoms with Gasteiger partial charge in [-0.25, -0.2) is 0 Å². The smallest absolute Gasteiger partial charge is 0.231 e. The molecule has 0 bridgehead atoms. The highest BCUT2D eigenvalue weighted by atomic mass is 19.1. The van der Waals surface area contributed by atoms with Gasteiger partial charge in [-0.3, -0.25) is 4.90 Å². The maximum atomic E-state index is 14.4. The fourth-order valence-corrected chi connectivity index (χ4v) is 3.10. The third-order valence-electron chi connectivity index (χ3n) is 4.12. The van der Waals surface area contributed by atoms with Gasteiger partial charge in [0.25, 0.3) is 0 Å². The first-order valence-electron chi connectivity index (χ1n) is 6.72. The first-order chi connectivity index (χ1) is 9.65. The second-order valence-electron chi connectivity index (χ2n) is 5.34. The summed E-state index contributed by atoms with van der Waals surface area (Å²) in [7, 11) is 3.49. The highest BCUT2D eigenvalue weighted by Crippen LogP contribution is 2.47. The number of halogens is 1. The van der Waals surface area contributed by atoms with Gasteiger partial charge < -0.3 is 19.9 Å². The average Bonchev–Trinajstić information content (AvgIpc) is 3.04. The molecule has 0 saturated carbocycles. The van der Waals surface area contributed by atoms with E-state index in [0.717, 1.165) is 18.5 Å². The lowest BCUT2D eigenvalue weighted by molar-refractivity contribution is 0.170. The standard InChI is InChI=1S/C14H19FN2O3/c1-17-6-8(5-16)3-10(17)9-4-11-14(20-7-19-11)12(15)13(9)18-2/h4,8,10H,3,5-7,16H2,1-2H3. The summed E-state index contributed by atoms with van der Waals surface area (Å²) < 4.78 is 30.1. The van der Waals surface area contributed by atoms with E-state index in [1.54, 1.807) is 0 Å². The fraction of sp³-hybridized carbons (Fsp3) is 0.571. The lowest BCUT2D eigenvalue weighted by Crippen LogP contribution is -2.21. The molecule has 2 atom stereocenters. The van der Waals surface area contributed by atoms with Crippen molar-refractivity contribution < 1.29 is 18.6 Å². The molecule has 1 fully saturated rings. The molecular formula is C14H19FN2O3. The van der Waals surface area contributed by atoms with E-state index in [0.29, 0.717) is 18.2 Å². The van der Waals surface area contributed by atoms with E-state index in [2.05, 4.69) is 4.90 Å².